The van der Waals surface area contributed by atoms with Gasteiger partial charge in [-0.1, -0.05) is 25.5 Å². The fourth-order valence-electron chi connectivity index (χ4n) is 2.99. The number of hydrogen-bond acceptors (Lipinski definition) is 2. The molecule has 0 saturated carbocycles. The normalized spacial score (nSPS) is 14.1. The molecular weight excluding hydrogens is 246 g/mol. The topological polar surface area (TPSA) is 29.9 Å². The SMILES string of the molecule is CCCCNc1nccn1-c1cccc2c1CCCC2. The Labute approximate surface area is 121 Å². The van der Waals surface area contributed by atoms with Crippen LogP contribution in [-0.4, -0.2) is 16.1 Å². The van der Waals surface area contributed by atoms with Gasteiger partial charge in [0.05, 0.1) is 5.69 Å². The van der Waals surface area contributed by atoms with Crippen LogP contribution in [0.1, 0.15) is 43.7 Å². The van der Waals surface area contributed by atoms with Gasteiger partial charge in [-0.3, -0.25) is 4.57 Å². The Hall–Kier alpha value is -1.77. The molecule has 3 rings (SSSR count). The molecule has 1 aliphatic rings. The van der Waals surface area contributed by atoms with Crippen molar-refractivity contribution >= 4 is 5.95 Å². The van der Waals surface area contributed by atoms with Crippen LogP contribution in [-0.2, 0) is 12.8 Å². The molecule has 0 atom stereocenters. The first-order valence-electron chi connectivity index (χ1n) is 7.78. The van der Waals surface area contributed by atoms with Gasteiger partial charge in [-0.05, 0) is 49.3 Å². The van der Waals surface area contributed by atoms with Crippen molar-refractivity contribution in [1.29, 1.82) is 0 Å². The van der Waals surface area contributed by atoms with Crippen LogP contribution >= 0.6 is 0 Å². The molecular formula is C17H23N3. The van der Waals surface area contributed by atoms with Crippen molar-refractivity contribution in [3.8, 4) is 5.69 Å². The summed E-state index contributed by atoms with van der Waals surface area (Å²) in [4.78, 5) is 4.47. The molecule has 20 heavy (non-hydrogen) atoms. The van der Waals surface area contributed by atoms with E-state index in [-0.39, 0.29) is 0 Å². The number of hydrogen-bond donors (Lipinski definition) is 1. The van der Waals surface area contributed by atoms with Crippen molar-refractivity contribution in [1.82, 2.24) is 9.55 Å². The quantitative estimate of drug-likeness (QED) is 0.833. The van der Waals surface area contributed by atoms with Gasteiger partial charge in [-0.2, -0.15) is 0 Å². The van der Waals surface area contributed by atoms with Gasteiger partial charge in [0.1, 0.15) is 0 Å². The summed E-state index contributed by atoms with van der Waals surface area (Å²) >= 11 is 0. The van der Waals surface area contributed by atoms with Crippen LogP contribution in [0.15, 0.2) is 30.6 Å². The van der Waals surface area contributed by atoms with Crippen LogP contribution in [0.5, 0.6) is 0 Å². The zero-order valence-electron chi connectivity index (χ0n) is 12.2. The van der Waals surface area contributed by atoms with Crippen molar-refractivity contribution in [3.05, 3.63) is 41.7 Å². The number of fused-ring (bicyclic) bond motifs is 1. The number of aromatic nitrogens is 2. The minimum absolute atomic E-state index is 0.970. The molecule has 1 heterocycles. The number of unbranched alkanes of at least 4 members (excludes halogenated alkanes) is 1. The highest BCUT2D eigenvalue weighted by Crippen LogP contribution is 2.28. The van der Waals surface area contributed by atoms with Crippen LogP contribution in [0.4, 0.5) is 5.95 Å². The van der Waals surface area contributed by atoms with E-state index >= 15 is 0 Å². The Kier molecular flexibility index (Phi) is 4.05. The lowest BCUT2D eigenvalue weighted by atomic mass is 9.90. The number of nitrogens with zero attached hydrogens (tertiary/aromatic N) is 2. The number of rotatable bonds is 5. The predicted octanol–water partition coefficient (Wildman–Crippen LogP) is 3.96. The van der Waals surface area contributed by atoms with Crippen LogP contribution in [0.2, 0.25) is 0 Å². The molecule has 0 bridgehead atoms. The summed E-state index contributed by atoms with van der Waals surface area (Å²) in [6.45, 7) is 3.20. The lowest BCUT2D eigenvalue weighted by Crippen LogP contribution is -2.11. The van der Waals surface area contributed by atoms with Gasteiger partial charge in [0.15, 0.2) is 0 Å². The third-order valence-corrected chi connectivity index (χ3v) is 4.08. The maximum absolute atomic E-state index is 4.47. The van der Waals surface area contributed by atoms with Crippen LogP contribution in [0, 0.1) is 0 Å². The van der Waals surface area contributed by atoms with Crippen molar-refractivity contribution in [2.45, 2.75) is 45.4 Å². The molecule has 3 heteroatoms. The summed E-state index contributed by atoms with van der Waals surface area (Å²) < 4.78 is 2.21. The first-order valence-corrected chi connectivity index (χ1v) is 7.78. The van der Waals surface area contributed by atoms with E-state index in [9.17, 15) is 0 Å². The highest BCUT2D eigenvalue weighted by Gasteiger charge is 2.15. The van der Waals surface area contributed by atoms with Crippen molar-refractivity contribution in [2.24, 2.45) is 0 Å². The summed E-state index contributed by atoms with van der Waals surface area (Å²) in [7, 11) is 0. The molecule has 0 saturated heterocycles. The second kappa shape index (κ2) is 6.12. The Morgan fingerprint density at radius 2 is 2.15 bits per heavy atom. The standard InChI is InChI=1S/C17H23N3/c1-2-3-11-18-17-19-12-13-20(17)16-10-6-8-14-7-4-5-9-15(14)16/h6,8,10,12-13H,2-5,7,9,11H2,1H3,(H,18,19). The van der Waals surface area contributed by atoms with Crippen LogP contribution < -0.4 is 5.32 Å². The van der Waals surface area contributed by atoms with Crippen molar-refractivity contribution in [3.63, 3.8) is 0 Å². The lowest BCUT2D eigenvalue weighted by molar-refractivity contribution is 0.681. The van der Waals surface area contributed by atoms with Gasteiger partial charge in [-0.25, -0.2) is 4.98 Å². The average Bonchev–Trinajstić information content (AvgIpc) is 2.95. The average molecular weight is 269 g/mol. The van der Waals surface area contributed by atoms with Gasteiger partial charge in [0.25, 0.3) is 0 Å². The van der Waals surface area contributed by atoms with Crippen molar-refractivity contribution < 1.29 is 0 Å². The summed E-state index contributed by atoms with van der Waals surface area (Å²) in [5.74, 6) is 0.970. The van der Waals surface area contributed by atoms with E-state index in [4.69, 9.17) is 0 Å². The van der Waals surface area contributed by atoms with E-state index in [1.807, 2.05) is 6.20 Å². The molecule has 0 spiro atoms. The zero-order valence-corrected chi connectivity index (χ0v) is 12.2. The number of benzene rings is 1. The molecule has 3 nitrogen and oxygen atoms in total. The second-order valence-electron chi connectivity index (χ2n) is 5.52. The van der Waals surface area contributed by atoms with Crippen LogP contribution in [0.25, 0.3) is 5.69 Å². The van der Waals surface area contributed by atoms with E-state index in [1.165, 1.54) is 55.3 Å². The van der Waals surface area contributed by atoms with Gasteiger partial charge >= 0.3 is 0 Å². The monoisotopic (exact) mass is 269 g/mol. The minimum atomic E-state index is 0.970. The fraction of sp³-hybridized carbons (Fsp3) is 0.471. The molecule has 1 aromatic carbocycles. The minimum Gasteiger partial charge on any atom is -0.355 e. The highest BCUT2D eigenvalue weighted by molar-refractivity contribution is 5.51. The van der Waals surface area contributed by atoms with E-state index in [1.54, 1.807) is 0 Å². The molecule has 0 aliphatic heterocycles. The zero-order chi connectivity index (χ0) is 13.8. The number of anilines is 1. The van der Waals surface area contributed by atoms with Crippen LogP contribution in [0.3, 0.4) is 0 Å². The first-order chi connectivity index (χ1) is 9.90. The molecule has 0 unspecified atom stereocenters. The molecule has 1 aromatic heterocycles. The summed E-state index contributed by atoms with van der Waals surface area (Å²) in [6, 6.07) is 6.67. The van der Waals surface area contributed by atoms with E-state index in [2.05, 4.69) is 46.2 Å². The molecule has 1 aliphatic carbocycles. The number of nitrogens with one attached hydrogen (secondary N) is 1. The second-order valence-corrected chi connectivity index (χ2v) is 5.52. The van der Waals surface area contributed by atoms with Gasteiger partial charge in [-0.15, -0.1) is 0 Å². The Balaban J connectivity index is 1.91. The molecule has 0 radical (unpaired) electrons. The highest BCUT2D eigenvalue weighted by atomic mass is 15.2. The molecule has 0 fully saturated rings. The van der Waals surface area contributed by atoms with Gasteiger partial charge < -0.3 is 5.32 Å². The predicted molar refractivity (Wildman–Crippen MR) is 83.6 cm³/mol. The number of imidazole rings is 1. The molecule has 2 aromatic rings. The summed E-state index contributed by atoms with van der Waals surface area (Å²) in [6.07, 6.45) is 11.4. The fourth-order valence-corrected chi connectivity index (χ4v) is 2.99. The van der Waals surface area contributed by atoms with Gasteiger partial charge in [0, 0.05) is 18.9 Å². The molecule has 106 valence electrons. The van der Waals surface area contributed by atoms with E-state index in [0.717, 1.165) is 12.5 Å². The molecule has 1 N–H and O–H groups in total. The molecule has 0 amide bonds. The maximum atomic E-state index is 4.47. The Morgan fingerprint density at radius 1 is 1.25 bits per heavy atom. The third-order valence-electron chi connectivity index (χ3n) is 4.08. The van der Waals surface area contributed by atoms with Crippen molar-refractivity contribution in [2.75, 3.05) is 11.9 Å². The van der Waals surface area contributed by atoms with E-state index < -0.39 is 0 Å². The van der Waals surface area contributed by atoms with Gasteiger partial charge in [0.2, 0.25) is 5.95 Å². The summed E-state index contributed by atoms with van der Waals surface area (Å²) in [5.41, 5.74) is 4.33. The lowest BCUT2D eigenvalue weighted by Gasteiger charge is -2.20. The third kappa shape index (κ3) is 2.58. The van der Waals surface area contributed by atoms with E-state index in [0.29, 0.717) is 0 Å². The largest absolute Gasteiger partial charge is 0.355 e. The maximum Gasteiger partial charge on any atom is 0.207 e. The first kappa shape index (κ1) is 13.2. The number of aryl methyl sites for hydroxylation is 1. The smallest absolute Gasteiger partial charge is 0.207 e. The summed E-state index contributed by atoms with van der Waals surface area (Å²) in [5, 5.41) is 3.45. The Morgan fingerprint density at radius 3 is 3.05 bits per heavy atom. The Bertz CT molecular complexity index is 571.